The Morgan fingerprint density at radius 3 is 1.78 bits per heavy atom. The van der Waals surface area contributed by atoms with Gasteiger partial charge in [-0.25, -0.2) is 9.98 Å². The smallest absolute Gasteiger partial charge is 0.159 e. The first-order chi connectivity index (χ1) is 22.7. The fraction of sp³-hybridized carbons (Fsp3) is 0.116. The monoisotopic (exact) mass is 595 g/mol. The first-order valence-electron chi connectivity index (χ1n) is 16.1. The molecule has 1 unspecified atom stereocenters. The number of nitrogens with zero attached hydrogens (tertiary/aromatic N) is 2. The van der Waals surface area contributed by atoms with E-state index in [0.717, 1.165) is 41.2 Å². The standard InChI is InChI=1S/C43H37N3/c1-3-13-37-28-36(33-24-22-32(23-25-33)31-14-7-4-8-15-31)26-27-39(37)40-29-38(21-20-30(40)2)43-45-41(34-16-9-5-10-17-34)44-42(46-43)35-18-11-6-12-19-35/h4-12,14-29,41H,3,13H2,1-2H3,(H,44,45,46). The van der Waals surface area contributed by atoms with Gasteiger partial charge in [0.05, 0.1) is 0 Å². The number of rotatable bonds is 8. The van der Waals surface area contributed by atoms with Gasteiger partial charge < -0.3 is 5.32 Å². The average molecular weight is 596 g/mol. The number of aliphatic imine (C=N–C) groups is 2. The molecular formula is C43H37N3. The van der Waals surface area contributed by atoms with E-state index in [0.29, 0.717) is 0 Å². The number of hydrogen-bond donors (Lipinski definition) is 1. The van der Waals surface area contributed by atoms with Crippen LogP contribution in [0.4, 0.5) is 0 Å². The third-order valence-electron chi connectivity index (χ3n) is 8.64. The van der Waals surface area contributed by atoms with Gasteiger partial charge in [-0.15, -0.1) is 0 Å². The van der Waals surface area contributed by atoms with Crippen LogP contribution in [0.1, 0.15) is 47.3 Å². The van der Waals surface area contributed by atoms with E-state index in [1.54, 1.807) is 0 Å². The van der Waals surface area contributed by atoms with E-state index in [2.05, 4.69) is 147 Å². The SMILES string of the molecule is CCCc1cc(-c2ccc(-c3ccccc3)cc2)ccc1-c1cc(C2=NC(c3ccccc3)=NC(c3ccccc3)N2)ccc1C. The van der Waals surface area contributed by atoms with Crippen molar-refractivity contribution in [3.8, 4) is 33.4 Å². The molecule has 6 aromatic carbocycles. The molecule has 0 aliphatic carbocycles. The first kappa shape index (κ1) is 29.2. The summed E-state index contributed by atoms with van der Waals surface area (Å²) in [5, 5.41) is 3.63. The molecule has 3 nitrogen and oxygen atoms in total. The van der Waals surface area contributed by atoms with Gasteiger partial charge in [0.15, 0.2) is 5.84 Å². The maximum absolute atomic E-state index is 5.06. The summed E-state index contributed by atoms with van der Waals surface area (Å²) < 4.78 is 0. The lowest BCUT2D eigenvalue weighted by atomic mass is 9.89. The van der Waals surface area contributed by atoms with Crippen molar-refractivity contribution < 1.29 is 0 Å². The molecule has 1 aliphatic heterocycles. The molecule has 0 fully saturated rings. The van der Waals surface area contributed by atoms with Crippen molar-refractivity contribution in [2.45, 2.75) is 32.9 Å². The number of aryl methyl sites for hydroxylation is 2. The number of benzene rings is 6. The van der Waals surface area contributed by atoms with Crippen molar-refractivity contribution in [3.05, 3.63) is 179 Å². The molecule has 0 amide bonds. The van der Waals surface area contributed by atoms with E-state index in [4.69, 9.17) is 9.98 Å². The molecule has 0 saturated carbocycles. The number of nitrogens with one attached hydrogen (secondary N) is 1. The number of hydrogen-bond acceptors (Lipinski definition) is 3. The van der Waals surface area contributed by atoms with Crippen molar-refractivity contribution >= 4 is 11.7 Å². The minimum absolute atomic E-state index is 0.225. The van der Waals surface area contributed by atoms with Crippen LogP contribution in [0.25, 0.3) is 33.4 Å². The van der Waals surface area contributed by atoms with Crippen LogP contribution in [-0.2, 0) is 6.42 Å². The lowest BCUT2D eigenvalue weighted by molar-refractivity contribution is 0.674. The van der Waals surface area contributed by atoms with Gasteiger partial charge in [-0.3, -0.25) is 0 Å². The highest BCUT2D eigenvalue weighted by Crippen LogP contribution is 2.34. The molecular weight excluding hydrogens is 558 g/mol. The van der Waals surface area contributed by atoms with Crippen LogP contribution in [0.2, 0.25) is 0 Å². The minimum Gasteiger partial charge on any atom is -0.344 e. The van der Waals surface area contributed by atoms with Crippen LogP contribution in [0.5, 0.6) is 0 Å². The summed E-state index contributed by atoms with van der Waals surface area (Å²) in [5.41, 5.74) is 13.2. The Kier molecular flexibility index (Phi) is 8.38. The Morgan fingerprint density at radius 1 is 0.543 bits per heavy atom. The third-order valence-corrected chi connectivity index (χ3v) is 8.64. The van der Waals surface area contributed by atoms with Gasteiger partial charge in [-0.1, -0.05) is 159 Å². The second-order valence-electron chi connectivity index (χ2n) is 11.8. The van der Waals surface area contributed by atoms with Crippen LogP contribution in [0, 0.1) is 6.92 Å². The van der Waals surface area contributed by atoms with Crippen LogP contribution >= 0.6 is 0 Å². The van der Waals surface area contributed by atoms with Gasteiger partial charge in [0, 0.05) is 11.1 Å². The average Bonchev–Trinajstić information content (AvgIpc) is 3.13. The van der Waals surface area contributed by atoms with Crippen LogP contribution in [-0.4, -0.2) is 11.7 Å². The molecule has 1 N–H and O–H groups in total. The Balaban J connectivity index is 1.25. The topological polar surface area (TPSA) is 36.8 Å². The van der Waals surface area contributed by atoms with E-state index < -0.39 is 0 Å². The lowest BCUT2D eigenvalue weighted by Crippen LogP contribution is -2.33. The molecule has 0 spiro atoms. The predicted octanol–water partition coefficient (Wildman–Crippen LogP) is 10.4. The van der Waals surface area contributed by atoms with E-state index >= 15 is 0 Å². The molecule has 3 heteroatoms. The van der Waals surface area contributed by atoms with Gasteiger partial charge in [-0.05, 0) is 69.5 Å². The largest absolute Gasteiger partial charge is 0.344 e. The fourth-order valence-electron chi connectivity index (χ4n) is 6.18. The van der Waals surface area contributed by atoms with E-state index in [-0.39, 0.29) is 6.17 Å². The molecule has 0 saturated heterocycles. The lowest BCUT2D eigenvalue weighted by Gasteiger charge is -2.24. The second-order valence-corrected chi connectivity index (χ2v) is 11.8. The maximum atomic E-state index is 5.06. The summed E-state index contributed by atoms with van der Waals surface area (Å²) in [6.45, 7) is 4.45. The summed E-state index contributed by atoms with van der Waals surface area (Å²) in [6, 6.07) is 53.7. The van der Waals surface area contributed by atoms with E-state index in [1.807, 2.05) is 24.3 Å². The molecule has 0 aromatic heterocycles. The second kappa shape index (κ2) is 13.2. The molecule has 224 valence electrons. The van der Waals surface area contributed by atoms with E-state index in [1.165, 1.54) is 44.5 Å². The summed E-state index contributed by atoms with van der Waals surface area (Å²) in [4.78, 5) is 10.1. The highest BCUT2D eigenvalue weighted by Gasteiger charge is 2.22. The molecule has 0 radical (unpaired) electrons. The molecule has 1 heterocycles. The third kappa shape index (κ3) is 6.18. The molecule has 1 atom stereocenters. The predicted molar refractivity (Wildman–Crippen MR) is 193 cm³/mol. The first-order valence-corrected chi connectivity index (χ1v) is 16.1. The summed E-state index contributed by atoms with van der Waals surface area (Å²) in [7, 11) is 0. The summed E-state index contributed by atoms with van der Waals surface area (Å²) in [6.07, 6.45) is 1.86. The minimum atomic E-state index is -0.225. The zero-order valence-corrected chi connectivity index (χ0v) is 26.3. The Labute approximate surface area is 272 Å². The van der Waals surface area contributed by atoms with Crippen molar-refractivity contribution in [3.63, 3.8) is 0 Å². The van der Waals surface area contributed by atoms with Gasteiger partial charge in [0.1, 0.15) is 12.0 Å². The van der Waals surface area contributed by atoms with Crippen molar-refractivity contribution in [1.29, 1.82) is 0 Å². The van der Waals surface area contributed by atoms with E-state index in [9.17, 15) is 0 Å². The van der Waals surface area contributed by atoms with Gasteiger partial charge in [0.2, 0.25) is 0 Å². The maximum Gasteiger partial charge on any atom is 0.159 e. The van der Waals surface area contributed by atoms with Crippen molar-refractivity contribution in [2.24, 2.45) is 9.98 Å². The van der Waals surface area contributed by atoms with Crippen LogP contribution in [0.3, 0.4) is 0 Å². The van der Waals surface area contributed by atoms with Crippen molar-refractivity contribution in [2.75, 3.05) is 0 Å². The molecule has 46 heavy (non-hydrogen) atoms. The normalized spacial score (nSPS) is 14.3. The quantitative estimate of drug-likeness (QED) is 0.187. The Hall–Kier alpha value is -5.54. The van der Waals surface area contributed by atoms with Gasteiger partial charge in [-0.2, -0.15) is 0 Å². The number of amidine groups is 2. The Bertz CT molecular complexity index is 2010. The molecule has 0 bridgehead atoms. The zero-order chi connectivity index (χ0) is 31.3. The molecule has 7 rings (SSSR count). The molecule has 6 aromatic rings. The zero-order valence-electron chi connectivity index (χ0n) is 26.3. The highest BCUT2D eigenvalue weighted by atomic mass is 15.2. The summed E-state index contributed by atoms with van der Waals surface area (Å²) in [5.74, 6) is 1.57. The van der Waals surface area contributed by atoms with Crippen LogP contribution < -0.4 is 5.32 Å². The van der Waals surface area contributed by atoms with Gasteiger partial charge in [0.25, 0.3) is 0 Å². The Morgan fingerprint density at radius 2 is 1.11 bits per heavy atom. The fourth-order valence-corrected chi connectivity index (χ4v) is 6.18. The van der Waals surface area contributed by atoms with Crippen molar-refractivity contribution in [1.82, 2.24) is 5.32 Å². The van der Waals surface area contributed by atoms with Crippen LogP contribution in [0.15, 0.2) is 162 Å². The van der Waals surface area contributed by atoms with Gasteiger partial charge >= 0.3 is 0 Å². The summed E-state index contributed by atoms with van der Waals surface area (Å²) >= 11 is 0. The highest BCUT2D eigenvalue weighted by molar-refractivity contribution is 6.13. The molecule has 1 aliphatic rings.